The van der Waals surface area contributed by atoms with Gasteiger partial charge in [0.2, 0.25) is 0 Å². The Kier molecular flexibility index (Phi) is 4.18. The molecule has 0 saturated carbocycles. The zero-order chi connectivity index (χ0) is 9.68. The molecular weight excluding hydrogens is 170 g/mol. The first kappa shape index (κ1) is 10.5. The van der Waals surface area contributed by atoms with Crippen LogP contribution in [0.15, 0.2) is 0 Å². The fourth-order valence-electron chi connectivity index (χ4n) is 1.71. The van der Waals surface area contributed by atoms with Crippen molar-refractivity contribution in [2.24, 2.45) is 5.92 Å². The van der Waals surface area contributed by atoms with Gasteiger partial charge in [0.15, 0.2) is 0 Å². The lowest BCUT2D eigenvalue weighted by molar-refractivity contribution is -0.137. The number of carboxylic acids is 1. The molecule has 0 aromatic heterocycles. The minimum atomic E-state index is -0.709. The third-order valence-corrected chi connectivity index (χ3v) is 2.50. The van der Waals surface area contributed by atoms with Gasteiger partial charge in [-0.2, -0.15) is 0 Å². The molecule has 0 amide bonds. The van der Waals surface area contributed by atoms with Gasteiger partial charge < -0.3 is 15.2 Å². The quantitative estimate of drug-likeness (QED) is 0.672. The highest BCUT2D eigenvalue weighted by Crippen LogP contribution is 2.17. The molecule has 1 aliphatic heterocycles. The van der Waals surface area contributed by atoms with E-state index in [4.69, 9.17) is 9.84 Å². The van der Waals surface area contributed by atoms with Crippen molar-refractivity contribution in [3.05, 3.63) is 0 Å². The zero-order valence-electron chi connectivity index (χ0n) is 7.95. The van der Waals surface area contributed by atoms with E-state index in [1.54, 1.807) is 7.11 Å². The van der Waals surface area contributed by atoms with E-state index in [0.29, 0.717) is 5.92 Å². The van der Waals surface area contributed by atoms with Gasteiger partial charge in [-0.05, 0) is 25.3 Å². The molecule has 0 unspecified atom stereocenters. The highest BCUT2D eigenvalue weighted by Gasteiger charge is 2.21. The van der Waals surface area contributed by atoms with Crippen molar-refractivity contribution in [3.8, 4) is 0 Å². The van der Waals surface area contributed by atoms with Gasteiger partial charge in [-0.15, -0.1) is 0 Å². The van der Waals surface area contributed by atoms with E-state index in [-0.39, 0.29) is 12.5 Å². The van der Waals surface area contributed by atoms with Crippen LogP contribution in [0.2, 0.25) is 0 Å². The second kappa shape index (κ2) is 5.19. The van der Waals surface area contributed by atoms with Crippen molar-refractivity contribution < 1.29 is 14.6 Å². The summed E-state index contributed by atoms with van der Waals surface area (Å²) in [7, 11) is 1.70. The molecule has 1 aliphatic rings. The number of carboxylic acid groups (broad SMARTS) is 1. The first-order valence-electron chi connectivity index (χ1n) is 4.67. The predicted molar refractivity (Wildman–Crippen MR) is 48.6 cm³/mol. The van der Waals surface area contributed by atoms with Crippen LogP contribution in [0.3, 0.4) is 0 Å². The van der Waals surface area contributed by atoms with E-state index in [9.17, 15) is 4.79 Å². The molecule has 0 aromatic carbocycles. The van der Waals surface area contributed by atoms with E-state index in [0.717, 1.165) is 25.9 Å². The number of piperidine rings is 1. The average Bonchev–Trinajstić information content (AvgIpc) is 2.15. The third kappa shape index (κ3) is 3.74. The van der Waals surface area contributed by atoms with Crippen LogP contribution in [0.5, 0.6) is 0 Å². The Labute approximate surface area is 78.3 Å². The number of hydrogen-bond donors (Lipinski definition) is 2. The summed E-state index contributed by atoms with van der Waals surface area (Å²) in [6, 6.07) is 0. The smallest absolute Gasteiger partial charge is 0.303 e. The number of methoxy groups -OCH3 is 1. The summed E-state index contributed by atoms with van der Waals surface area (Å²) >= 11 is 0. The van der Waals surface area contributed by atoms with Gasteiger partial charge in [-0.1, -0.05) is 0 Å². The Morgan fingerprint density at radius 2 is 2.38 bits per heavy atom. The molecule has 1 heterocycles. The number of ether oxygens (including phenoxy) is 1. The van der Waals surface area contributed by atoms with Crippen LogP contribution < -0.4 is 5.32 Å². The van der Waals surface area contributed by atoms with Crippen LogP contribution in [0.1, 0.15) is 19.3 Å². The average molecular weight is 187 g/mol. The van der Waals surface area contributed by atoms with Gasteiger partial charge in [-0.3, -0.25) is 4.79 Å². The maximum atomic E-state index is 10.3. The summed E-state index contributed by atoms with van der Waals surface area (Å²) in [4.78, 5) is 10.3. The van der Waals surface area contributed by atoms with E-state index in [1.165, 1.54) is 0 Å². The molecule has 0 radical (unpaired) electrons. The predicted octanol–water partition coefficient (Wildman–Crippen LogP) is 0.476. The van der Waals surface area contributed by atoms with Gasteiger partial charge in [-0.25, -0.2) is 0 Å². The first-order chi connectivity index (χ1) is 6.22. The van der Waals surface area contributed by atoms with E-state index in [1.807, 2.05) is 0 Å². The number of nitrogens with one attached hydrogen (secondary N) is 1. The van der Waals surface area contributed by atoms with E-state index >= 15 is 0 Å². The highest BCUT2D eigenvalue weighted by molar-refractivity contribution is 5.66. The summed E-state index contributed by atoms with van der Waals surface area (Å²) < 4.78 is 5.22. The molecule has 13 heavy (non-hydrogen) atoms. The summed E-state index contributed by atoms with van der Waals surface area (Å²) in [6.07, 6.45) is 2.26. The van der Waals surface area contributed by atoms with Crippen LogP contribution in [0, 0.1) is 5.92 Å². The van der Waals surface area contributed by atoms with E-state index in [2.05, 4.69) is 5.32 Å². The number of hydrogen-bond acceptors (Lipinski definition) is 3. The largest absolute Gasteiger partial charge is 0.481 e. The van der Waals surface area contributed by atoms with Crippen molar-refractivity contribution in [2.45, 2.75) is 25.4 Å². The summed E-state index contributed by atoms with van der Waals surface area (Å²) in [5.74, 6) is -0.255. The third-order valence-electron chi connectivity index (χ3n) is 2.50. The number of carbonyl (C=O) groups is 1. The molecule has 0 bridgehead atoms. The van der Waals surface area contributed by atoms with Gasteiger partial charge in [0.05, 0.1) is 6.10 Å². The van der Waals surface area contributed by atoms with Gasteiger partial charge in [0, 0.05) is 20.1 Å². The van der Waals surface area contributed by atoms with Crippen molar-refractivity contribution in [2.75, 3.05) is 20.2 Å². The van der Waals surface area contributed by atoms with Crippen molar-refractivity contribution in [3.63, 3.8) is 0 Å². The normalized spacial score (nSPS) is 28.7. The van der Waals surface area contributed by atoms with E-state index < -0.39 is 5.97 Å². The Morgan fingerprint density at radius 3 is 3.00 bits per heavy atom. The second-order valence-corrected chi connectivity index (χ2v) is 3.55. The van der Waals surface area contributed by atoms with Crippen LogP contribution in [0.4, 0.5) is 0 Å². The van der Waals surface area contributed by atoms with Crippen molar-refractivity contribution in [1.29, 1.82) is 0 Å². The second-order valence-electron chi connectivity index (χ2n) is 3.55. The van der Waals surface area contributed by atoms with Crippen LogP contribution in [0.25, 0.3) is 0 Å². The molecule has 76 valence electrons. The topological polar surface area (TPSA) is 58.6 Å². The lowest BCUT2D eigenvalue weighted by atomic mass is 9.93. The standard InChI is InChI=1S/C9H17NO3/c1-13-8-4-7(5-10-6-8)2-3-9(11)12/h7-8,10H,2-6H2,1H3,(H,11,12)/t7-,8-/m1/s1. The Morgan fingerprint density at radius 1 is 1.62 bits per heavy atom. The lowest BCUT2D eigenvalue weighted by Gasteiger charge is -2.28. The molecule has 1 fully saturated rings. The molecule has 4 nitrogen and oxygen atoms in total. The maximum absolute atomic E-state index is 10.3. The summed E-state index contributed by atoms with van der Waals surface area (Å²) in [6.45, 7) is 1.81. The monoisotopic (exact) mass is 187 g/mol. The Hall–Kier alpha value is -0.610. The minimum Gasteiger partial charge on any atom is -0.481 e. The SMILES string of the molecule is CO[C@H]1CNC[C@H](CCC(=O)O)C1. The van der Waals surface area contributed by atoms with Crippen LogP contribution in [-0.2, 0) is 9.53 Å². The van der Waals surface area contributed by atoms with Gasteiger partial charge in [0.25, 0.3) is 0 Å². The molecule has 0 aliphatic carbocycles. The fraction of sp³-hybridized carbons (Fsp3) is 0.889. The molecular formula is C9H17NO3. The molecule has 0 aromatic rings. The molecule has 2 atom stereocenters. The molecule has 1 rings (SSSR count). The molecule has 4 heteroatoms. The molecule has 1 saturated heterocycles. The van der Waals surface area contributed by atoms with Crippen molar-refractivity contribution in [1.82, 2.24) is 5.32 Å². The maximum Gasteiger partial charge on any atom is 0.303 e. The molecule has 2 N–H and O–H groups in total. The Bertz CT molecular complexity index is 172. The van der Waals surface area contributed by atoms with Gasteiger partial charge >= 0.3 is 5.97 Å². The van der Waals surface area contributed by atoms with Crippen molar-refractivity contribution >= 4 is 5.97 Å². The zero-order valence-corrected chi connectivity index (χ0v) is 7.95. The fourth-order valence-corrected chi connectivity index (χ4v) is 1.71. The number of aliphatic carboxylic acids is 1. The summed E-state index contributed by atoms with van der Waals surface area (Å²) in [5.41, 5.74) is 0. The molecule has 0 spiro atoms. The van der Waals surface area contributed by atoms with Crippen LogP contribution >= 0.6 is 0 Å². The highest BCUT2D eigenvalue weighted by atomic mass is 16.5. The number of rotatable bonds is 4. The Balaban J connectivity index is 2.21. The minimum absolute atomic E-state index is 0.257. The van der Waals surface area contributed by atoms with Gasteiger partial charge in [0.1, 0.15) is 0 Å². The summed E-state index contributed by atoms with van der Waals surface area (Å²) in [5, 5.41) is 11.8. The first-order valence-corrected chi connectivity index (χ1v) is 4.67. The van der Waals surface area contributed by atoms with Crippen LogP contribution in [-0.4, -0.2) is 37.4 Å². The lowest BCUT2D eigenvalue weighted by Crippen LogP contribution is -2.40.